The van der Waals surface area contributed by atoms with Crippen LogP contribution in [0.2, 0.25) is 0 Å². The molecule has 0 aromatic carbocycles. The van der Waals surface area contributed by atoms with Gasteiger partial charge in [-0.05, 0) is 6.92 Å². The molecule has 0 aliphatic rings. The molecule has 0 bridgehead atoms. The molecule has 1 N–H and O–H groups in total. The number of hydrogen-bond donors (Lipinski definition) is 1. The average molecular weight is 242 g/mol. The molecule has 0 aliphatic carbocycles. The number of likely N-dealkylation sites (N-methyl/N-ethyl adjacent to an activating group) is 2. The van der Waals surface area contributed by atoms with Crippen molar-refractivity contribution >= 4 is 12.0 Å². The zero-order valence-corrected chi connectivity index (χ0v) is 8.93. The quantitative estimate of drug-likeness (QED) is 0.791. The summed E-state index contributed by atoms with van der Waals surface area (Å²) in [5.41, 5.74) is 0. The smallest absolute Gasteiger partial charge is 0.422 e. The number of ether oxygens (including phenoxy) is 1. The Morgan fingerprint density at radius 2 is 1.94 bits per heavy atom. The predicted molar refractivity (Wildman–Crippen MR) is 48.7 cm³/mol. The van der Waals surface area contributed by atoms with E-state index in [0.29, 0.717) is 0 Å². The average Bonchev–Trinajstić information content (AvgIpc) is 2.21. The maximum atomic E-state index is 11.7. The Hall–Kier alpha value is -1.47. The number of nitrogens with one attached hydrogen (secondary N) is 1. The Bertz CT molecular complexity index is 255. The highest BCUT2D eigenvalue weighted by atomic mass is 19.4. The Morgan fingerprint density at radius 3 is 2.31 bits per heavy atom. The molecule has 2 amide bonds. The van der Waals surface area contributed by atoms with Crippen molar-refractivity contribution in [3.8, 4) is 0 Å². The number of halogens is 3. The third kappa shape index (κ3) is 6.10. The monoisotopic (exact) mass is 242 g/mol. The van der Waals surface area contributed by atoms with Crippen LogP contribution in [0.1, 0.15) is 6.92 Å². The summed E-state index contributed by atoms with van der Waals surface area (Å²) in [6.07, 6.45) is -5.73. The van der Waals surface area contributed by atoms with Crippen molar-refractivity contribution in [2.75, 3.05) is 26.7 Å². The van der Waals surface area contributed by atoms with Crippen molar-refractivity contribution < 1.29 is 27.5 Å². The van der Waals surface area contributed by atoms with E-state index >= 15 is 0 Å². The highest BCUT2D eigenvalue weighted by Crippen LogP contribution is 2.14. The van der Waals surface area contributed by atoms with Crippen LogP contribution < -0.4 is 5.32 Å². The first kappa shape index (κ1) is 14.5. The van der Waals surface area contributed by atoms with E-state index in [0.717, 1.165) is 4.90 Å². The number of carbonyl (C=O) groups is 2. The van der Waals surface area contributed by atoms with Gasteiger partial charge in [0.1, 0.15) is 6.54 Å². The molecule has 0 aromatic rings. The second kappa shape index (κ2) is 6.19. The Morgan fingerprint density at radius 1 is 1.38 bits per heavy atom. The summed E-state index contributed by atoms with van der Waals surface area (Å²) in [5.74, 6) is -0.481. The fraction of sp³-hybridized carbons (Fsp3) is 0.750. The molecule has 0 saturated heterocycles. The lowest BCUT2D eigenvalue weighted by Crippen LogP contribution is -2.40. The van der Waals surface area contributed by atoms with E-state index in [9.17, 15) is 22.8 Å². The minimum absolute atomic E-state index is 0.0874. The second-order valence-electron chi connectivity index (χ2n) is 2.86. The summed E-state index contributed by atoms with van der Waals surface area (Å²) in [6.45, 7) is -0.373. The molecule has 8 heteroatoms. The first-order valence-electron chi connectivity index (χ1n) is 4.49. The second-order valence-corrected chi connectivity index (χ2v) is 2.86. The van der Waals surface area contributed by atoms with Gasteiger partial charge in [-0.25, -0.2) is 4.79 Å². The van der Waals surface area contributed by atoms with Crippen LogP contribution >= 0.6 is 0 Å². The minimum Gasteiger partial charge on any atom is -0.440 e. The zero-order valence-electron chi connectivity index (χ0n) is 8.93. The number of amides is 2. The van der Waals surface area contributed by atoms with Gasteiger partial charge in [0.15, 0.2) is 6.61 Å². The maximum Gasteiger partial charge on any atom is 0.422 e. The van der Waals surface area contributed by atoms with Crippen LogP contribution in [0.25, 0.3) is 0 Å². The molecule has 0 radical (unpaired) electrons. The molecule has 0 rings (SSSR count). The lowest BCUT2D eigenvalue weighted by Gasteiger charge is -2.19. The molecular formula is C8H13F3N2O3. The molecule has 94 valence electrons. The third-order valence-corrected chi connectivity index (χ3v) is 1.61. The summed E-state index contributed by atoms with van der Waals surface area (Å²) in [6, 6.07) is 0. The van der Waals surface area contributed by atoms with E-state index in [4.69, 9.17) is 0 Å². The molecule has 5 nitrogen and oxygen atoms in total. The third-order valence-electron chi connectivity index (χ3n) is 1.61. The van der Waals surface area contributed by atoms with Crippen molar-refractivity contribution in [3.05, 3.63) is 0 Å². The first-order chi connectivity index (χ1) is 7.30. The zero-order chi connectivity index (χ0) is 12.8. The number of carbonyl (C=O) groups excluding carboxylic acids is 2. The molecule has 0 unspecified atom stereocenters. The molecule has 0 aromatic heterocycles. The largest absolute Gasteiger partial charge is 0.440 e. The van der Waals surface area contributed by atoms with Gasteiger partial charge in [-0.15, -0.1) is 0 Å². The summed E-state index contributed by atoms with van der Waals surface area (Å²) in [7, 11) is 1.36. The maximum absolute atomic E-state index is 11.7. The van der Waals surface area contributed by atoms with Crippen LogP contribution in [-0.4, -0.2) is 49.8 Å². The molecule has 16 heavy (non-hydrogen) atoms. The van der Waals surface area contributed by atoms with Crippen LogP contribution in [0.5, 0.6) is 0 Å². The van der Waals surface area contributed by atoms with Crippen molar-refractivity contribution in [1.82, 2.24) is 10.2 Å². The van der Waals surface area contributed by atoms with E-state index in [2.05, 4.69) is 10.1 Å². The number of nitrogens with zero attached hydrogens (tertiary/aromatic N) is 1. The van der Waals surface area contributed by atoms with E-state index < -0.39 is 24.8 Å². The molecule has 0 aliphatic heterocycles. The molecule has 0 saturated carbocycles. The van der Waals surface area contributed by atoms with E-state index in [-0.39, 0.29) is 13.1 Å². The topological polar surface area (TPSA) is 58.6 Å². The molecule has 0 atom stereocenters. The van der Waals surface area contributed by atoms with Gasteiger partial charge in [-0.3, -0.25) is 9.69 Å². The van der Waals surface area contributed by atoms with Crippen LogP contribution in [0, 0.1) is 0 Å². The van der Waals surface area contributed by atoms with Crippen molar-refractivity contribution in [1.29, 1.82) is 0 Å². The fourth-order valence-corrected chi connectivity index (χ4v) is 0.793. The molecule has 0 spiro atoms. The van der Waals surface area contributed by atoms with Crippen molar-refractivity contribution in [2.24, 2.45) is 0 Å². The van der Waals surface area contributed by atoms with Gasteiger partial charge in [-0.2, -0.15) is 13.2 Å². The van der Waals surface area contributed by atoms with Gasteiger partial charge in [-0.1, -0.05) is 0 Å². The van der Waals surface area contributed by atoms with Gasteiger partial charge < -0.3 is 10.1 Å². The van der Waals surface area contributed by atoms with E-state index in [1.807, 2.05) is 0 Å². The van der Waals surface area contributed by atoms with Crippen LogP contribution in [0.3, 0.4) is 0 Å². The SMILES string of the molecule is CCN(CC(=O)NC)C(=O)OCC(F)(F)F. The summed E-state index contributed by atoms with van der Waals surface area (Å²) in [5, 5.41) is 2.25. The first-order valence-corrected chi connectivity index (χ1v) is 4.49. The molecular weight excluding hydrogens is 229 g/mol. The molecule has 0 heterocycles. The fourth-order valence-electron chi connectivity index (χ4n) is 0.793. The summed E-state index contributed by atoms with van der Waals surface area (Å²) >= 11 is 0. The predicted octanol–water partition coefficient (Wildman–Crippen LogP) is 0.753. The van der Waals surface area contributed by atoms with Gasteiger partial charge in [0.2, 0.25) is 5.91 Å². The van der Waals surface area contributed by atoms with Crippen LogP contribution in [0.4, 0.5) is 18.0 Å². The number of hydrogen-bond acceptors (Lipinski definition) is 3. The van der Waals surface area contributed by atoms with Gasteiger partial charge >= 0.3 is 12.3 Å². The summed E-state index contributed by atoms with van der Waals surface area (Å²) in [4.78, 5) is 22.9. The number of rotatable bonds is 4. The summed E-state index contributed by atoms with van der Waals surface area (Å²) < 4.78 is 39.2. The van der Waals surface area contributed by atoms with Gasteiger partial charge in [0.25, 0.3) is 0 Å². The van der Waals surface area contributed by atoms with E-state index in [1.54, 1.807) is 0 Å². The van der Waals surface area contributed by atoms with E-state index in [1.165, 1.54) is 14.0 Å². The number of alkyl halides is 3. The van der Waals surface area contributed by atoms with Crippen LogP contribution in [-0.2, 0) is 9.53 Å². The Balaban J connectivity index is 4.16. The molecule has 0 fully saturated rings. The highest BCUT2D eigenvalue weighted by molar-refractivity contribution is 5.81. The lowest BCUT2D eigenvalue weighted by atomic mass is 10.5. The van der Waals surface area contributed by atoms with Crippen LogP contribution in [0.15, 0.2) is 0 Å². The minimum atomic E-state index is -4.57. The van der Waals surface area contributed by atoms with Crippen molar-refractivity contribution in [2.45, 2.75) is 13.1 Å². The van der Waals surface area contributed by atoms with Gasteiger partial charge in [0, 0.05) is 13.6 Å². The highest BCUT2D eigenvalue weighted by Gasteiger charge is 2.30. The Labute approximate surface area is 90.5 Å². The standard InChI is InChI=1S/C8H13F3N2O3/c1-3-13(4-6(14)12-2)7(15)16-5-8(9,10)11/h3-5H2,1-2H3,(H,12,14). The Kier molecular flexibility index (Phi) is 5.62. The lowest BCUT2D eigenvalue weighted by molar-refractivity contribution is -0.162. The normalized spacial score (nSPS) is 10.8. The van der Waals surface area contributed by atoms with Gasteiger partial charge in [0.05, 0.1) is 0 Å². The van der Waals surface area contributed by atoms with Crippen molar-refractivity contribution in [3.63, 3.8) is 0 Å².